The van der Waals surface area contributed by atoms with Crippen LogP contribution < -0.4 is 14.8 Å². The molecular formula is C22H25N3O4. The molecule has 3 rings (SSSR count). The number of carbonyl (C=O) groups excluding carboxylic acids is 2. The maximum Gasteiger partial charge on any atom is 0.270 e. The number of likely N-dealkylation sites (N-methyl/N-ethyl adjacent to an activating group) is 1. The second-order valence-electron chi connectivity index (χ2n) is 6.43. The van der Waals surface area contributed by atoms with Crippen LogP contribution in [0.4, 0.5) is 5.69 Å². The Morgan fingerprint density at radius 1 is 1.10 bits per heavy atom. The predicted octanol–water partition coefficient (Wildman–Crippen LogP) is 3.68. The molecule has 1 heterocycles. The van der Waals surface area contributed by atoms with Crippen LogP contribution in [0.25, 0.3) is 10.9 Å². The number of amides is 2. The van der Waals surface area contributed by atoms with Crippen LogP contribution in [0.5, 0.6) is 11.5 Å². The highest BCUT2D eigenvalue weighted by Crippen LogP contribution is 2.24. The lowest BCUT2D eigenvalue weighted by Crippen LogP contribution is -2.38. The Bertz CT molecular complexity index is 1010. The van der Waals surface area contributed by atoms with Gasteiger partial charge in [-0.3, -0.25) is 9.59 Å². The summed E-state index contributed by atoms with van der Waals surface area (Å²) in [7, 11) is 1.54. The Morgan fingerprint density at radius 2 is 1.90 bits per heavy atom. The Morgan fingerprint density at radius 3 is 2.62 bits per heavy atom. The molecule has 0 fully saturated rings. The van der Waals surface area contributed by atoms with E-state index >= 15 is 0 Å². The molecule has 0 spiro atoms. The number of ether oxygens (including phenoxy) is 2. The van der Waals surface area contributed by atoms with Crippen LogP contribution in [0.15, 0.2) is 48.5 Å². The number of hydrogen-bond acceptors (Lipinski definition) is 4. The molecule has 0 unspecified atom stereocenters. The van der Waals surface area contributed by atoms with Gasteiger partial charge in [0.15, 0.2) is 0 Å². The molecule has 152 valence electrons. The third-order valence-corrected chi connectivity index (χ3v) is 4.52. The summed E-state index contributed by atoms with van der Waals surface area (Å²) in [6.07, 6.45) is 0. The van der Waals surface area contributed by atoms with E-state index in [9.17, 15) is 9.59 Å². The molecule has 0 radical (unpaired) electrons. The molecule has 0 bridgehead atoms. The van der Waals surface area contributed by atoms with Gasteiger partial charge in [0.25, 0.3) is 5.91 Å². The lowest BCUT2D eigenvalue weighted by molar-refractivity contribution is -0.116. The van der Waals surface area contributed by atoms with Crippen molar-refractivity contribution in [3.05, 3.63) is 54.2 Å². The minimum absolute atomic E-state index is 0.0626. The van der Waals surface area contributed by atoms with Crippen molar-refractivity contribution >= 4 is 28.4 Å². The SMILES string of the molecule is CCOc1ccc2cc(C(=O)N(CC)CC(=O)Nc3ccccc3OC)[nH]c2c1. The first-order chi connectivity index (χ1) is 14.0. The molecule has 29 heavy (non-hydrogen) atoms. The number of carbonyl (C=O) groups is 2. The van der Waals surface area contributed by atoms with Crippen molar-refractivity contribution in [1.29, 1.82) is 0 Å². The van der Waals surface area contributed by atoms with Crippen LogP contribution in [-0.4, -0.2) is 48.5 Å². The van der Waals surface area contributed by atoms with Gasteiger partial charge >= 0.3 is 0 Å². The zero-order chi connectivity index (χ0) is 20.8. The maximum atomic E-state index is 12.9. The summed E-state index contributed by atoms with van der Waals surface area (Å²) in [5.41, 5.74) is 1.81. The topological polar surface area (TPSA) is 83.7 Å². The van der Waals surface area contributed by atoms with Crippen molar-refractivity contribution in [2.75, 3.05) is 32.1 Å². The van der Waals surface area contributed by atoms with Gasteiger partial charge in [0.1, 0.15) is 23.7 Å². The molecule has 0 saturated carbocycles. The average molecular weight is 395 g/mol. The molecule has 0 saturated heterocycles. The Kier molecular flexibility index (Phi) is 6.39. The number of fused-ring (bicyclic) bond motifs is 1. The second kappa shape index (κ2) is 9.14. The van der Waals surface area contributed by atoms with Gasteiger partial charge in [0, 0.05) is 23.5 Å². The fourth-order valence-electron chi connectivity index (χ4n) is 3.09. The summed E-state index contributed by atoms with van der Waals surface area (Å²) in [5, 5.41) is 3.70. The standard InChI is InChI=1S/C22H25N3O4/c1-4-25(14-21(26)24-17-8-6-7-9-20(17)28-3)22(27)19-12-15-10-11-16(29-5-2)13-18(15)23-19/h6-13,23H,4-5,14H2,1-3H3,(H,24,26). The summed E-state index contributed by atoms with van der Waals surface area (Å²) in [6, 6.07) is 14.6. The lowest BCUT2D eigenvalue weighted by atomic mass is 10.2. The predicted molar refractivity (Wildman–Crippen MR) is 113 cm³/mol. The summed E-state index contributed by atoms with van der Waals surface area (Å²) < 4.78 is 10.7. The highest BCUT2D eigenvalue weighted by molar-refractivity contribution is 6.01. The molecule has 1 aromatic heterocycles. The normalized spacial score (nSPS) is 10.6. The Hall–Kier alpha value is -3.48. The number of rotatable bonds is 8. The molecule has 7 heteroatoms. The first-order valence-corrected chi connectivity index (χ1v) is 9.53. The van der Waals surface area contributed by atoms with E-state index in [-0.39, 0.29) is 18.4 Å². The van der Waals surface area contributed by atoms with E-state index in [1.165, 1.54) is 4.90 Å². The molecule has 3 aromatic rings. The molecule has 0 aliphatic heterocycles. The van der Waals surface area contributed by atoms with Gasteiger partial charge in [-0.2, -0.15) is 0 Å². The smallest absolute Gasteiger partial charge is 0.270 e. The minimum Gasteiger partial charge on any atom is -0.495 e. The maximum absolute atomic E-state index is 12.9. The van der Waals surface area contributed by atoms with Crippen LogP contribution in [-0.2, 0) is 4.79 Å². The van der Waals surface area contributed by atoms with Gasteiger partial charge in [0.05, 0.1) is 19.4 Å². The first-order valence-electron chi connectivity index (χ1n) is 9.53. The van der Waals surface area contributed by atoms with Crippen molar-refractivity contribution in [2.24, 2.45) is 0 Å². The van der Waals surface area contributed by atoms with Crippen LogP contribution in [0.3, 0.4) is 0 Å². The van der Waals surface area contributed by atoms with E-state index in [0.29, 0.717) is 30.3 Å². The zero-order valence-corrected chi connectivity index (χ0v) is 16.8. The monoisotopic (exact) mass is 395 g/mol. The number of H-pyrrole nitrogens is 1. The third-order valence-electron chi connectivity index (χ3n) is 4.52. The van der Waals surface area contributed by atoms with Gasteiger partial charge < -0.3 is 24.7 Å². The van der Waals surface area contributed by atoms with E-state index < -0.39 is 0 Å². The van der Waals surface area contributed by atoms with Crippen LogP contribution in [0.1, 0.15) is 24.3 Å². The van der Waals surface area contributed by atoms with Gasteiger partial charge in [-0.05, 0) is 44.2 Å². The molecule has 0 atom stereocenters. The third kappa shape index (κ3) is 4.68. The number of nitrogens with one attached hydrogen (secondary N) is 2. The van der Waals surface area contributed by atoms with Gasteiger partial charge in [0.2, 0.25) is 5.91 Å². The van der Waals surface area contributed by atoms with Gasteiger partial charge in [-0.25, -0.2) is 0 Å². The quantitative estimate of drug-likeness (QED) is 0.609. The number of hydrogen-bond donors (Lipinski definition) is 2. The second-order valence-corrected chi connectivity index (χ2v) is 6.43. The first kappa shape index (κ1) is 20.3. The average Bonchev–Trinajstić information content (AvgIpc) is 3.15. The molecule has 2 aromatic carbocycles. The van der Waals surface area contributed by atoms with Gasteiger partial charge in [-0.15, -0.1) is 0 Å². The number of nitrogens with zero attached hydrogens (tertiary/aromatic N) is 1. The van der Waals surface area contributed by atoms with Gasteiger partial charge in [-0.1, -0.05) is 12.1 Å². The molecule has 0 aliphatic rings. The Balaban J connectivity index is 1.72. The van der Waals surface area contributed by atoms with E-state index in [0.717, 1.165) is 16.7 Å². The van der Waals surface area contributed by atoms with E-state index in [2.05, 4.69) is 10.3 Å². The summed E-state index contributed by atoms with van der Waals surface area (Å²) >= 11 is 0. The summed E-state index contributed by atoms with van der Waals surface area (Å²) in [5.74, 6) is 0.775. The fraction of sp³-hybridized carbons (Fsp3) is 0.273. The highest BCUT2D eigenvalue weighted by Gasteiger charge is 2.20. The van der Waals surface area contributed by atoms with E-state index in [4.69, 9.17) is 9.47 Å². The number of aromatic nitrogens is 1. The summed E-state index contributed by atoms with van der Waals surface area (Å²) in [6.45, 7) is 4.67. The van der Waals surface area contributed by atoms with Crippen LogP contribution in [0.2, 0.25) is 0 Å². The minimum atomic E-state index is -0.292. The fourth-order valence-corrected chi connectivity index (χ4v) is 3.09. The lowest BCUT2D eigenvalue weighted by Gasteiger charge is -2.20. The zero-order valence-electron chi connectivity index (χ0n) is 16.8. The van der Waals surface area contributed by atoms with Crippen LogP contribution >= 0.6 is 0 Å². The van der Waals surface area contributed by atoms with Crippen LogP contribution in [0, 0.1) is 0 Å². The van der Waals surface area contributed by atoms with Crippen molar-refractivity contribution in [3.8, 4) is 11.5 Å². The number of benzene rings is 2. The molecular weight excluding hydrogens is 370 g/mol. The highest BCUT2D eigenvalue weighted by atomic mass is 16.5. The number of anilines is 1. The van der Waals surface area contributed by atoms with E-state index in [1.807, 2.05) is 44.2 Å². The van der Waals surface area contributed by atoms with Crippen molar-refractivity contribution < 1.29 is 19.1 Å². The Labute approximate surface area is 169 Å². The molecule has 0 aliphatic carbocycles. The largest absolute Gasteiger partial charge is 0.495 e. The number of methoxy groups -OCH3 is 1. The molecule has 2 amide bonds. The molecule has 2 N–H and O–H groups in total. The van der Waals surface area contributed by atoms with Crippen molar-refractivity contribution in [3.63, 3.8) is 0 Å². The number of aromatic amines is 1. The van der Waals surface area contributed by atoms with Crippen molar-refractivity contribution in [2.45, 2.75) is 13.8 Å². The van der Waals surface area contributed by atoms with Crippen molar-refractivity contribution in [1.82, 2.24) is 9.88 Å². The molecule has 7 nitrogen and oxygen atoms in total. The number of para-hydroxylation sites is 2. The summed E-state index contributed by atoms with van der Waals surface area (Å²) in [4.78, 5) is 30.0. The van der Waals surface area contributed by atoms with E-state index in [1.54, 1.807) is 25.3 Å².